The molecule has 1 rings (SSSR count). The quantitative estimate of drug-likeness (QED) is 0.381. The lowest BCUT2D eigenvalue weighted by atomic mass is 10.1. The number of benzene rings is 1. The summed E-state index contributed by atoms with van der Waals surface area (Å²) in [6.07, 6.45) is 0.684. The standard InChI is InChI=1S/C14H19N3O5/c1-9-5-6-13(17(21)22)12(8-9)15-7-3-4-11(14(19)20)16-10(2)18/h5-6,8,11,15H,3-4,7H2,1-2H3,(H,16,18)(H,19,20)/t11-/m0/s1. The molecule has 1 aromatic carbocycles. The highest BCUT2D eigenvalue weighted by atomic mass is 16.6. The van der Waals surface area contributed by atoms with Crippen LogP contribution in [0.4, 0.5) is 11.4 Å². The van der Waals surface area contributed by atoms with Crippen LogP contribution >= 0.6 is 0 Å². The molecule has 8 heteroatoms. The van der Waals surface area contributed by atoms with Crippen LogP contribution in [0.1, 0.15) is 25.3 Å². The molecule has 1 amide bonds. The lowest BCUT2D eigenvalue weighted by Crippen LogP contribution is -2.39. The van der Waals surface area contributed by atoms with E-state index >= 15 is 0 Å². The topological polar surface area (TPSA) is 122 Å². The molecule has 0 spiro atoms. The van der Waals surface area contributed by atoms with E-state index in [2.05, 4.69) is 10.6 Å². The van der Waals surface area contributed by atoms with Crippen LogP contribution in [0.15, 0.2) is 18.2 Å². The van der Waals surface area contributed by atoms with Gasteiger partial charge in [0.05, 0.1) is 4.92 Å². The summed E-state index contributed by atoms with van der Waals surface area (Å²) in [5.41, 5.74) is 1.26. The summed E-state index contributed by atoms with van der Waals surface area (Å²) in [5.74, 6) is -1.51. The van der Waals surface area contributed by atoms with E-state index in [9.17, 15) is 19.7 Å². The van der Waals surface area contributed by atoms with Crippen molar-refractivity contribution < 1.29 is 19.6 Å². The van der Waals surface area contributed by atoms with Crippen molar-refractivity contribution in [2.45, 2.75) is 32.7 Å². The van der Waals surface area contributed by atoms with Gasteiger partial charge >= 0.3 is 5.97 Å². The Morgan fingerprint density at radius 3 is 2.64 bits per heavy atom. The molecule has 22 heavy (non-hydrogen) atoms. The number of aliphatic carboxylic acids is 1. The number of aryl methyl sites for hydroxylation is 1. The van der Waals surface area contributed by atoms with Gasteiger partial charge in [-0.05, 0) is 31.4 Å². The molecule has 0 radical (unpaired) electrons. The van der Waals surface area contributed by atoms with E-state index in [0.717, 1.165) is 5.56 Å². The van der Waals surface area contributed by atoms with Crippen LogP contribution in [0.25, 0.3) is 0 Å². The molecule has 0 saturated carbocycles. The molecular formula is C14H19N3O5. The van der Waals surface area contributed by atoms with Gasteiger partial charge in [-0.15, -0.1) is 0 Å². The normalized spacial score (nSPS) is 11.5. The summed E-state index contributed by atoms with van der Waals surface area (Å²) >= 11 is 0. The Bertz CT molecular complexity index is 574. The van der Waals surface area contributed by atoms with Crippen LogP contribution in [-0.2, 0) is 9.59 Å². The molecule has 0 bridgehead atoms. The van der Waals surface area contributed by atoms with Gasteiger partial charge < -0.3 is 15.7 Å². The third-order valence-electron chi connectivity index (χ3n) is 3.01. The third-order valence-corrected chi connectivity index (χ3v) is 3.01. The molecule has 0 unspecified atom stereocenters. The average molecular weight is 309 g/mol. The third kappa shape index (κ3) is 5.39. The van der Waals surface area contributed by atoms with Gasteiger partial charge in [-0.25, -0.2) is 4.79 Å². The lowest BCUT2D eigenvalue weighted by molar-refractivity contribution is -0.384. The maximum atomic E-state index is 11.0. The number of hydrogen-bond donors (Lipinski definition) is 3. The molecule has 0 fully saturated rings. The number of nitro groups is 1. The monoisotopic (exact) mass is 309 g/mol. The summed E-state index contributed by atoms with van der Waals surface area (Å²) in [6.45, 7) is 3.45. The van der Waals surface area contributed by atoms with Gasteiger partial charge in [0.1, 0.15) is 11.7 Å². The number of amides is 1. The molecule has 3 N–H and O–H groups in total. The Morgan fingerprint density at radius 1 is 1.41 bits per heavy atom. The Hall–Kier alpha value is -2.64. The van der Waals surface area contributed by atoms with E-state index in [0.29, 0.717) is 18.7 Å². The van der Waals surface area contributed by atoms with E-state index in [1.54, 1.807) is 12.1 Å². The molecule has 1 aromatic rings. The number of rotatable bonds is 8. The van der Waals surface area contributed by atoms with Gasteiger partial charge in [0.25, 0.3) is 5.69 Å². The van der Waals surface area contributed by atoms with Gasteiger partial charge in [-0.1, -0.05) is 6.07 Å². The number of carbonyl (C=O) groups excluding carboxylic acids is 1. The van der Waals surface area contributed by atoms with Gasteiger partial charge in [-0.2, -0.15) is 0 Å². The number of carbonyl (C=O) groups is 2. The fraction of sp³-hybridized carbons (Fsp3) is 0.429. The second kappa shape index (κ2) is 7.96. The average Bonchev–Trinajstić information content (AvgIpc) is 2.41. The molecular weight excluding hydrogens is 290 g/mol. The minimum atomic E-state index is -1.10. The minimum absolute atomic E-state index is 0.0257. The van der Waals surface area contributed by atoms with E-state index < -0.39 is 22.8 Å². The summed E-state index contributed by atoms with van der Waals surface area (Å²) in [5, 5.41) is 25.2. The van der Waals surface area contributed by atoms with Crippen molar-refractivity contribution in [2.24, 2.45) is 0 Å². The largest absolute Gasteiger partial charge is 0.480 e. The molecule has 8 nitrogen and oxygen atoms in total. The zero-order valence-corrected chi connectivity index (χ0v) is 12.5. The molecule has 0 aliphatic rings. The van der Waals surface area contributed by atoms with Gasteiger partial charge in [-0.3, -0.25) is 14.9 Å². The molecule has 120 valence electrons. The highest BCUT2D eigenvalue weighted by Gasteiger charge is 2.18. The van der Waals surface area contributed by atoms with Crippen LogP contribution in [0.2, 0.25) is 0 Å². The van der Waals surface area contributed by atoms with Crippen LogP contribution in [0, 0.1) is 17.0 Å². The number of hydrogen-bond acceptors (Lipinski definition) is 5. The maximum Gasteiger partial charge on any atom is 0.326 e. The highest BCUT2D eigenvalue weighted by Crippen LogP contribution is 2.25. The van der Waals surface area contributed by atoms with Crippen molar-refractivity contribution in [1.29, 1.82) is 0 Å². The molecule has 0 aliphatic heterocycles. The first-order chi connectivity index (χ1) is 10.3. The highest BCUT2D eigenvalue weighted by molar-refractivity contribution is 5.81. The first-order valence-electron chi connectivity index (χ1n) is 6.80. The Labute approximate surface area is 127 Å². The van der Waals surface area contributed by atoms with Gasteiger partial charge in [0, 0.05) is 19.5 Å². The minimum Gasteiger partial charge on any atom is -0.480 e. The summed E-state index contributed by atoms with van der Waals surface area (Å²) in [4.78, 5) is 32.3. The van der Waals surface area contributed by atoms with Crippen molar-refractivity contribution in [2.75, 3.05) is 11.9 Å². The van der Waals surface area contributed by atoms with Crippen LogP contribution < -0.4 is 10.6 Å². The second-order valence-corrected chi connectivity index (χ2v) is 4.94. The Morgan fingerprint density at radius 2 is 2.09 bits per heavy atom. The Balaban J connectivity index is 2.57. The summed E-state index contributed by atoms with van der Waals surface area (Å²) < 4.78 is 0. The first-order valence-corrected chi connectivity index (χ1v) is 6.80. The van der Waals surface area contributed by atoms with Crippen molar-refractivity contribution in [3.8, 4) is 0 Å². The predicted octanol–water partition coefficient (Wildman–Crippen LogP) is 1.68. The number of anilines is 1. The lowest BCUT2D eigenvalue weighted by Gasteiger charge is -2.13. The predicted molar refractivity (Wildman–Crippen MR) is 80.8 cm³/mol. The summed E-state index contributed by atoms with van der Waals surface area (Å²) in [7, 11) is 0. The van der Waals surface area contributed by atoms with Crippen molar-refractivity contribution >= 4 is 23.3 Å². The van der Waals surface area contributed by atoms with Gasteiger partial charge in [0.2, 0.25) is 5.91 Å². The molecule has 0 heterocycles. The first kappa shape index (κ1) is 17.4. The zero-order valence-electron chi connectivity index (χ0n) is 12.5. The van der Waals surface area contributed by atoms with Crippen LogP contribution in [-0.4, -0.2) is 34.5 Å². The number of nitro benzene ring substituents is 1. The zero-order chi connectivity index (χ0) is 16.7. The fourth-order valence-corrected chi connectivity index (χ4v) is 1.98. The smallest absolute Gasteiger partial charge is 0.326 e. The van der Waals surface area contributed by atoms with E-state index in [1.807, 2.05) is 6.92 Å². The Kier molecular flexibility index (Phi) is 6.30. The number of nitrogens with one attached hydrogen (secondary N) is 2. The van der Waals surface area contributed by atoms with E-state index in [-0.39, 0.29) is 12.1 Å². The van der Waals surface area contributed by atoms with Crippen LogP contribution in [0.3, 0.4) is 0 Å². The molecule has 0 aliphatic carbocycles. The van der Waals surface area contributed by atoms with Crippen molar-refractivity contribution in [3.63, 3.8) is 0 Å². The molecule has 1 atom stereocenters. The van der Waals surface area contributed by atoms with E-state index in [4.69, 9.17) is 5.11 Å². The maximum absolute atomic E-state index is 11.0. The molecule has 0 saturated heterocycles. The SMILES string of the molecule is CC(=O)N[C@@H](CCCNc1cc(C)ccc1[N+](=O)[O-])C(=O)O. The van der Waals surface area contributed by atoms with Crippen molar-refractivity contribution in [1.82, 2.24) is 5.32 Å². The van der Waals surface area contributed by atoms with Crippen molar-refractivity contribution in [3.05, 3.63) is 33.9 Å². The van der Waals surface area contributed by atoms with Crippen LogP contribution in [0.5, 0.6) is 0 Å². The van der Waals surface area contributed by atoms with Gasteiger partial charge in [0.15, 0.2) is 0 Å². The van der Waals surface area contributed by atoms with E-state index in [1.165, 1.54) is 13.0 Å². The second-order valence-electron chi connectivity index (χ2n) is 4.94. The number of nitrogens with zero attached hydrogens (tertiary/aromatic N) is 1. The number of carboxylic acid groups (broad SMARTS) is 1. The number of carboxylic acids is 1. The molecule has 0 aromatic heterocycles. The fourth-order valence-electron chi connectivity index (χ4n) is 1.98. The summed E-state index contributed by atoms with van der Waals surface area (Å²) in [6, 6.07) is 3.79.